The Balaban J connectivity index is 1.64. The number of urea groups is 1. The maximum Gasteiger partial charge on any atom is 0.330 e. The summed E-state index contributed by atoms with van der Waals surface area (Å²) in [6.45, 7) is 1.32. The highest BCUT2D eigenvalue weighted by molar-refractivity contribution is 7.14. The smallest absolute Gasteiger partial charge is 0.330 e. The summed E-state index contributed by atoms with van der Waals surface area (Å²) < 4.78 is 6.34. The van der Waals surface area contributed by atoms with Crippen LogP contribution in [0.3, 0.4) is 0 Å². The first-order valence-electron chi connectivity index (χ1n) is 10.8. The van der Waals surface area contributed by atoms with Crippen molar-refractivity contribution in [1.29, 1.82) is 0 Å². The number of nitrogen functional groups attached to an aromatic ring is 1. The van der Waals surface area contributed by atoms with Crippen LogP contribution in [0.4, 0.5) is 21.4 Å². The molecule has 1 saturated heterocycles. The summed E-state index contributed by atoms with van der Waals surface area (Å²) in [6, 6.07) is 8.91. The van der Waals surface area contributed by atoms with Crippen LogP contribution in [0, 0.1) is 0 Å². The number of carbonyl (C=O) groups is 2. The largest absolute Gasteiger partial charge is 0.383 e. The predicted molar refractivity (Wildman–Crippen MR) is 132 cm³/mol. The van der Waals surface area contributed by atoms with Crippen LogP contribution in [0.15, 0.2) is 45.3 Å². The van der Waals surface area contributed by atoms with E-state index in [0.717, 1.165) is 5.56 Å². The van der Waals surface area contributed by atoms with Crippen molar-refractivity contribution >= 4 is 39.9 Å². The minimum atomic E-state index is -0.769. The highest BCUT2D eigenvalue weighted by Gasteiger charge is 2.27. The van der Waals surface area contributed by atoms with E-state index >= 15 is 0 Å². The quantitative estimate of drug-likeness (QED) is 0.384. The van der Waals surface area contributed by atoms with Crippen LogP contribution < -0.4 is 32.1 Å². The van der Waals surface area contributed by atoms with Gasteiger partial charge in [-0.2, -0.15) is 0 Å². The van der Waals surface area contributed by atoms with Gasteiger partial charge < -0.3 is 20.7 Å². The molecule has 0 unspecified atom stereocenters. The van der Waals surface area contributed by atoms with Crippen LogP contribution in [0.5, 0.6) is 0 Å². The lowest BCUT2D eigenvalue weighted by Gasteiger charge is -2.24. The number of anilines is 3. The molecule has 0 bridgehead atoms. The number of carbonyl (C=O) groups excluding carboxylic acids is 2. The van der Waals surface area contributed by atoms with E-state index in [1.807, 2.05) is 30.3 Å². The average molecular weight is 500 g/mol. The Kier molecular flexibility index (Phi) is 7.27. The number of aromatic amines is 1. The molecule has 4 rings (SSSR count). The van der Waals surface area contributed by atoms with Crippen molar-refractivity contribution in [2.45, 2.75) is 13.0 Å². The Bertz CT molecular complexity index is 1330. The molecule has 0 radical (unpaired) electrons. The molecule has 1 aromatic carbocycles. The molecule has 13 heteroatoms. The Morgan fingerprint density at radius 2 is 2.03 bits per heavy atom. The maximum atomic E-state index is 13.3. The van der Waals surface area contributed by atoms with Gasteiger partial charge in [0, 0.05) is 32.1 Å². The van der Waals surface area contributed by atoms with E-state index in [1.165, 1.54) is 32.8 Å². The minimum Gasteiger partial charge on any atom is -0.383 e. The summed E-state index contributed by atoms with van der Waals surface area (Å²) in [5.41, 5.74) is 5.96. The zero-order valence-electron chi connectivity index (χ0n) is 19.0. The highest BCUT2D eigenvalue weighted by atomic mass is 32.1. The van der Waals surface area contributed by atoms with Gasteiger partial charge in [-0.15, -0.1) is 11.3 Å². The summed E-state index contributed by atoms with van der Waals surface area (Å²) in [6.07, 6.45) is -0.133. The highest BCUT2D eigenvalue weighted by Crippen LogP contribution is 2.24. The zero-order chi connectivity index (χ0) is 24.9. The van der Waals surface area contributed by atoms with Gasteiger partial charge in [0.25, 0.3) is 5.56 Å². The Morgan fingerprint density at radius 3 is 2.71 bits per heavy atom. The molecule has 3 aromatic rings. The minimum absolute atomic E-state index is 0.0394. The van der Waals surface area contributed by atoms with Gasteiger partial charge in [0.05, 0.1) is 25.3 Å². The van der Waals surface area contributed by atoms with Crippen molar-refractivity contribution in [3.8, 4) is 0 Å². The second kappa shape index (κ2) is 10.5. The molecule has 3 heterocycles. The number of rotatable bonds is 9. The number of nitrogens with zero attached hydrogens (tertiary/aromatic N) is 4. The van der Waals surface area contributed by atoms with Crippen molar-refractivity contribution in [1.82, 2.24) is 19.9 Å². The number of hydrogen-bond acceptors (Lipinski definition) is 8. The van der Waals surface area contributed by atoms with Gasteiger partial charge in [0.1, 0.15) is 5.82 Å². The van der Waals surface area contributed by atoms with Gasteiger partial charge >= 0.3 is 11.7 Å². The number of methoxy groups -OCH3 is 1. The van der Waals surface area contributed by atoms with Gasteiger partial charge in [-0.25, -0.2) is 14.6 Å². The Hall–Kier alpha value is -3.97. The van der Waals surface area contributed by atoms with Crippen LogP contribution in [-0.2, 0) is 22.5 Å². The molecule has 0 atom stereocenters. The van der Waals surface area contributed by atoms with Gasteiger partial charge in [0.2, 0.25) is 5.91 Å². The van der Waals surface area contributed by atoms with E-state index in [0.29, 0.717) is 23.9 Å². The standard InChI is InChI=1S/C22H25N7O5S/c1-34-10-9-27(16(30)11-15-13-35-22(25-15)28-8-7-24-20(28)32)17-18(23)29(21(33)26-19(17)31)12-14-5-3-2-4-6-14/h2-6,13H,7-12,23H2,1H3,(H,24,32)(H,26,31,33). The van der Waals surface area contributed by atoms with E-state index in [4.69, 9.17) is 10.5 Å². The molecule has 1 aliphatic rings. The van der Waals surface area contributed by atoms with Crippen LogP contribution in [0.25, 0.3) is 0 Å². The summed E-state index contributed by atoms with van der Waals surface area (Å²) in [5.74, 6) is -0.577. The lowest BCUT2D eigenvalue weighted by atomic mass is 10.2. The second-order valence-electron chi connectivity index (χ2n) is 7.78. The number of benzene rings is 1. The number of ether oxygens (including phenoxy) is 1. The van der Waals surface area contributed by atoms with Crippen LogP contribution >= 0.6 is 11.3 Å². The summed E-state index contributed by atoms with van der Waals surface area (Å²) in [7, 11) is 1.47. The van der Waals surface area contributed by atoms with Crippen molar-refractivity contribution in [3.05, 3.63) is 67.8 Å². The number of aromatic nitrogens is 3. The van der Waals surface area contributed by atoms with E-state index in [-0.39, 0.29) is 43.7 Å². The summed E-state index contributed by atoms with van der Waals surface area (Å²) in [4.78, 5) is 59.9. The van der Waals surface area contributed by atoms with E-state index in [2.05, 4.69) is 15.3 Å². The number of nitrogens with two attached hydrogens (primary N) is 1. The van der Waals surface area contributed by atoms with E-state index in [1.54, 1.807) is 5.38 Å². The third-order valence-corrected chi connectivity index (χ3v) is 6.36. The molecule has 0 spiro atoms. The molecule has 1 aliphatic heterocycles. The molecular formula is C22H25N7O5S. The van der Waals surface area contributed by atoms with Gasteiger partial charge in [-0.1, -0.05) is 30.3 Å². The molecule has 12 nitrogen and oxygen atoms in total. The number of amides is 3. The Labute approximate surface area is 204 Å². The first kappa shape index (κ1) is 24.2. The third kappa shape index (κ3) is 5.25. The molecule has 3 amide bonds. The lowest BCUT2D eigenvalue weighted by Crippen LogP contribution is -2.43. The van der Waals surface area contributed by atoms with Gasteiger partial charge in [0.15, 0.2) is 10.8 Å². The first-order valence-corrected chi connectivity index (χ1v) is 11.7. The summed E-state index contributed by atoms with van der Waals surface area (Å²) >= 11 is 1.25. The van der Waals surface area contributed by atoms with E-state index < -0.39 is 17.2 Å². The first-order chi connectivity index (χ1) is 16.9. The van der Waals surface area contributed by atoms with Crippen molar-refractivity contribution in [2.24, 2.45) is 0 Å². The SMILES string of the molecule is COCCN(C(=O)Cc1csc(N2CCNC2=O)n1)c1c(N)n(Cc2ccccc2)c(=O)[nH]c1=O. The molecule has 2 aromatic heterocycles. The number of thiazole rings is 1. The fourth-order valence-electron chi connectivity index (χ4n) is 3.71. The van der Waals surface area contributed by atoms with Gasteiger partial charge in [-0.05, 0) is 5.56 Å². The normalized spacial score (nSPS) is 13.2. The average Bonchev–Trinajstić information content (AvgIpc) is 3.47. The molecular weight excluding hydrogens is 474 g/mol. The molecule has 0 saturated carbocycles. The predicted octanol–water partition coefficient (Wildman–Crippen LogP) is 0.375. The maximum absolute atomic E-state index is 13.3. The fraction of sp³-hybridized carbons (Fsp3) is 0.318. The van der Waals surface area contributed by atoms with Gasteiger partial charge in [-0.3, -0.25) is 24.0 Å². The molecule has 35 heavy (non-hydrogen) atoms. The Morgan fingerprint density at radius 1 is 1.26 bits per heavy atom. The molecule has 4 N–H and O–H groups in total. The lowest BCUT2D eigenvalue weighted by molar-refractivity contribution is -0.118. The molecule has 0 aliphatic carbocycles. The number of hydrogen-bond donors (Lipinski definition) is 3. The molecule has 1 fully saturated rings. The fourth-order valence-corrected chi connectivity index (χ4v) is 4.56. The van der Waals surface area contributed by atoms with Crippen molar-refractivity contribution < 1.29 is 14.3 Å². The van der Waals surface area contributed by atoms with E-state index in [9.17, 15) is 19.2 Å². The number of nitrogens with one attached hydrogen (secondary N) is 2. The number of H-pyrrole nitrogens is 1. The monoisotopic (exact) mass is 499 g/mol. The zero-order valence-corrected chi connectivity index (χ0v) is 19.8. The second-order valence-corrected chi connectivity index (χ2v) is 8.62. The third-order valence-electron chi connectivity index (χ3n) is 5.45. The molecule has 184 valence electrons. The van der Waals surface area contributed by atoms with Crippen LogP contribution in [0.1, 0.15) is 11.3 Å². The van der Waals surface area contributed by atoms with Crippen LogP contribution in [0.2, 0.25) is 0 Å². The summed E-state index contributed by atoms with van der Waals surface area (Å²) in [5, 5.41) is 4.88. The van der Waals surface area contributed by atoms with Crippen molar-refractivity contribution in [2.75, 3.05) is 48.9 Å². The van der Waals surface area contributed by atoms with Crippen LogP contribution in [-0.4, -0.2) is 59.8 Å². The topological polar surface area (TPSA) is 156 Å². The van der Waals surface area contributed by atoms with Crippen molar-refractivity contribution in [3.63, 3.8) is 0 Å².